The Morgan fingerprint density at radius 3 is 2.58 bits per heavy atom. The number of halogens is 2. The molecule has 8 heteroatoms. The molecule has 0 bridgehead atoms. The number of amides is 1. The van der Waals surface area contributed by atoms with Gasteiger partial charge in [-0.1, -0.05) is 0 Å². The number of hydrogen-bond donors (Lipinski definition) is 1. The van der Waals surface area contributed by atoms with Gasteiger partial charge in [-0.3, -0.25) is 4.79 Å². The summed E-state index contributed by atoms with van der Waals surface area (Å²) in [6.07, 6.45) is 3.91. The summed E-state index contributed by atoms with van der Waals surface area (Å²) in [5.74, 6) is 1.63. The Kier molecular flexibility index (Phi) is 8.95. The third-order valence-electron chi connectivity index (χ3n) is 4.81. The van der Waals surface area contributed by atoms with E-state index < -0.39 is 0 Å². The van der Waals surface area contributed by atoms with Crippen LogP contribution in [0, 0.1) is 11.8 Å². The molecule has 3 heterocycles. The lowest BCUT2D eigenvalue weighted by atomic mass is 9.92. The minimum Gasteiger partial charge on any atom is -0.372 e. The van der Waals surface area contributed by atoms with Crippen molar-refractivity contribution in [3.05, 3.63) is 16.1 Å². The molecule has 2 fully saturated rings. The summed E-state index contributed by atoms with van der Waals surface area (Å²) in [7, 11) is 0. The normalized spacial score (nSPS) is 24.3. The highest BCUT2D eigenvalue weighted by Crippen LogP contribution is 2.29. The predicted molar refractivity (Wildman–Crippen MR) is 102 cm³/mol. The van der Waals surface area contributed by atoms with Gasteiger partial charge in [-0.25, -0.2) is 4.98 Å². The van der Waals surface area contributed by atoms with E-state index in [1.807, 2.05) is 18.7 Å². The maximum atomic E-state index is 12.7. The summed E-state index contributed by atoms with van der Waals surface area (Å²) in [6, 6.07) is 0. The fourth-order valence-corrected chi connectivity index (χ4v) is 4.36. The van der Waals surface area contributed by atoms with E-state index >= 15 is 0 Å². The molecule has 2 aliphatic rings. The van der Waals surface area contributed by atoms with Gasteiger partial charge >= 0.3 is 0 Å². The van der Waals surface area contributed by atoms with E-state index in [9.17, 15) is 4.79 Å². The number of carbonyl (C=O) groups is 1. The first kappa shape index (κ1) is 21.6. The number of nitrogens with zero attached hydrogens (tertiary/aromatic N) is 2. The van der Waals surface area contributed by atoms with Gasteiger partial charge in [0, 0.05) is 19.7 Å². The van der Waals surface area contributed by atoms with Crippen molar-refractivity contribution in [2.24, 2.45) is 11.8 Å². The van der Waals surface area contributed by atoms with E-state index in [4.69, 9.17) is 4.74 Å². The Hall–Kier alpha value is -0.400. The minimum atomic E-state index is -0.0360. The highest BCUT2D eigenvalue weighted by molar-refractivity contribution is 7.13. The highest BCUT2D eigenvalue weighted by atomic mass is 35.5. The molecular formula is C16H27Cl2N3O2S. The van der Waals surface area contributed by atoms with Crippen molar-refractivity contribution >= 4 is 42.1 Å². The van der Waals surface area contributed by atoms with Crippen LogP contribution < -0.4 is 5.32 Å². The van der Waals surface area contributed by atoms with Gasteiger partial charge in [0.05, 0.1) is 6.20 Å². The summed E-state index contributed by atoms with van der Waals surface area (Å²) >= 11 is 1.47. The van der Waals surface area contributed by atoms with Crippen molar-refractivity contribution in [2.45, 2.75) is 32.8 Å². The Balaban J connectivity index is 0.00000144. The van der Waals surface area contributed by atoms with E-state index in [2.05, 4.69) is 10.3 Å². The van der Waals surface area contributed by atoms with Gasteiger partial charge in [-0.2, -0.15) is 0 Å². The van der Waals surface area contributed by atoms with Crippen molar-refractivity contribution in [3.63, 3.8) is 0 Å². The minimum absolute atomic E-state index is 0. The van der Waals surface area contributed by atoms with E-state index in [1.54, 1.807) is 6.20 Å². The van der Waals surface area contributed by atoms with Crippen LogP contribution in [-0.2, 0) is 4.74 Å². The lowest BCUT2D eigenvalue weighted by Gasteiger charge is -2.19. The molecule has 1 aromatic rings. The number of aromatic nitrogens is 1. The number of ether oxygens (including phenoxy) is 1. The Bertz CT molecular complexity index is 515. The van der Waals surface area contributed by atoms with Gasteiger partial charge in [0.2, 0.25) is 0 Å². The van der Waals surface area contributed by atoms with Gasteiger partial charge in [-0.05, 0) is 51.6 Å². The second kappa shape index (κ2) is 9.92. The number of carbonyl (C=O) groups excluding carboxylic acids is 1. The van der Waals surface area contributed by atoms with Crippen LogP contribution in [0.15, 0.2) is 6.20 Å². The molecule has 24 heavy (non-hydrogen) atoms. The SMILES string of the molecule is CCOC(C)c1ncc(C(=O)N2CC[C@@H]3CNC[C@@H]3CC2)s1.Cl.Cl. The van der Waals surface area contributed by atoms with Gasteiger partial charge in [0.25, 0.3) is 5.91 Å². The van der Waals surface area contributed by atoms with Crippen LogP contribution in [-0.4, -0.2) is 48.6 Å². The summed E-state index contributed by atoms with van der Waals surface area (Å²) in [6.45, 7) is 8.58. The lowest BCUT2D eigenvalue weighted by molar-refractivity contribution is 0.0760. The topological polar surface area (TPSA) is 54.5 Å². The number of nitrogens with one attached hydrogen (secondary N) is 1. The van der Waals surface area contributed by atoms with Gasteiger partial charge in [0.1, 0.15) is 16.0 Å². The Labute approximate surface area is 160 Å². The standard InChI is InChI=1S/C16H25N3O2S.2ClH/c1-3-21-11(2)15-18-10-14(22-15)16(20)19-6-4-12-8-17-9-13(12)5-7-19;;/h10-13,17H,3-9H2,1-2H3;2*1H/t11?,12-,13+;;. The van der Waals surface area contributed by atoms with Crippen LogP contribution in [0.3, 0.4) is 0 Å². The molecule has 3 rings (SSSR count). The molecule has 1 unspecified atom stereocenters. The first-order chi connectivity index (χ1) is 10.7. The molecule has 2 saturated heterocycles. The zero-order chi connectivity index (χ0) is 15.5. The molecule has 1 aromatic heterocycles. The maximum Gasteiger partial charge on any atom is 0.265 e. The molecule has 3 atom stereocenters. The molecule has 0 radical (unpaired) electrons. The van der Waals surface area contributed by atoms with Crippen molar-refractivity contribution < 1.29 is 9.53 Å². The predicted octanol–water partition coefficient (Wildman–Crippen LogP) is 3.16. The zero-order valence-electron chi connectivity index (χ0n) is 14.2. The average Bonchev–Trinajstić information content (AvgIpc) is 3.13. The molecule has 0 aliphatic carbocycles. The lowest BCUT2D eigenvalue weighted by Crippen LogP contribution is -2.32. The number of rotatable bonds is 4. The van der Waals surface area contributed by atoms with Crippen LogP contribution in [0.2, 0.25) is 0 Å². The third-order valence-corrected chi connectivity index (χ3v) is 5.95. The fraction of sp³-hybridized carbons (Fsp3) is 0.750. The number of likely N-dealkylation sites (tertiary alicyclic amines) is 1. The zero-order valence-corrected chi connectivity index (χ0v) is 16.6. The third kappa shape index (κ3) is 4.82. The summed E-state index contributed by atoms with van der Waals surface area (Å²) in [5.41, 5.74) is 0. The van der Waals surface area contributed by atoms with Crippen molar-refractivity contribution in [2.75, 3.05) is 32.8 Å². The molecule has 5 nitrogen and oxygen atoms in total. The summed E-state index contributed by atoms with van der Waals surface area (Å²) in [5, 5.41) is 4.36. The Morgan fingerprint density at radius 2 is 2.00 bits per heavy atom. The molecule has 1 N–H and O–H groups in total. The van der Waals surface area contributed by atoms with Gasteiger partial charge in [-0.15, -0.1) is 36.2 Å². The maximum absolute atomic E-state index is 12.7. The number of fused-ring (bicyclic) bond motifs is 1. The van der Waals surface area contributed by atoms with E-state index in [0.29, 0.717) is 6.61 Å². The first-order valence-corrected chi connectivity index (χ1v) is 9.08. The van der Waals surface area contributed by atoms with Crippen LogP contribution >= 0.6 is 36.2 Å². The fourth-order valence-electron chi connectivity index (χ4n) is 3.47. The second-order valence-electron chi connectivity index (χ2n) is 6.21. The largest absolute Gasteiger partial charge is 0.372 e. The molecular weight excluding hydrogens is 369 g/mol. The average molecular weight is 396 g/mol. The molecule has 0 saturated carbocycles. The van der Waals surface area contributed by atoms with Crippen molar-refractivity contribution in [3.8, 4) is 0 Å². The Morgan fingerprint density at radius 1 is 1.38 bits per heavy atom. The molecule has 0 spiro atoms. The highest BCUT2D eigenvalue weighted by Gasteiger charge is 2.32. The summed E-state index contributed by atoms with van der Waals surface area (Å²) < 4.78 is 5.55. The van der Waals surface area contributed by atoms with Crippen LogP contribution in [0.1, 0.15) is 47.5 Å². The monoisotopic (exact) mass is 395 g/mol. The van der Waals surface area contributed by atoms with Gasteiger partial charge in [0.15, 0.2) is 0 Å². The molecule has 2 aliphatic heterocycles. The van der Waals surface area contributed by atoms with Crippen molar-refractivity contribution in [1.82, 2.24) is 15.2 Å². The smallest absolute Gasteiger partial charge is 0.265 e. The molecule has 0 aromatic carbocycles. The van der Waals surface area contributed by atoms with E-state index in [-0.39, 0.29) is 36.8 Å². The van der Waals surface area contributed by atoms with E-state index in [1.165, 1.54) is 11.3 Å². The van der Waals surface area contributed by atoms with Crippen LogP contribution in [0.25, 0.3) is 0 Å². The van der Waals surface area contributed by atoms with Crippen molar-refractivity contribution in [1.29, 1.82) is 0 Å². The quantitative estimate of drug-likeness (QED) is 0.850. The van der Waals surface area contributed by atoms with Crippen LogP contribution in [0.5, 0.6) is 0 Å². The molecule has 1 amide bonds. The number of hydrogen-bond acceptors (Lipinski definition) is 5. The summed E-state index contributed by atoms with van der Waals surface area (Å²) in [4.78, 5) is 19.8. The van der Waals surface area contributed by atoms with Gasteiger partial charge < -0.3 is 15.0 Å². The first-order valence-electron chi connectivity index (χ1n) is 8.26. The molecule has 138 valence electrons. The second-order valence-corrected chi connectivity index (χ2v) is 7.27. The van der Waals surface area contributed by atoms with Crippen LogP contribution in [0.4, 0.5) is 0 Å². The van der Waals surface area contributed by atoms with E-state index in [0.717, 1.165) is 60.7 Å². The number of thiazole rings is 1.